The lowest BCUT2D eigenvalue weighted by Gasteiger charge is -2.36. The van der Waals surface area contributed by atoms with Gasteiger partial charge in [0.1, 0.15) is 18.1 Å². The molecular weight excluding hydrogens is 496 g/mol. The van der Waals surface area contributed by atoms with Crippen LogP contribution in [0, 0.1) is 0 Å². The Morgan fingerprint density at radius 1 is 1.30 bits per heavy atom. The highest BCUT2D eigenvalue weighted by molar-refractivity contribution is 6.76. The molecule has 13 heteroatoms. The normalized spacial score (nSPS) is 19.1. The summed E-state index contributed by atoms with van der Waals surface area (Å²) in [5, 5.41) is 15.6. The van der Waals surface area contributed by atoms with Crippen molar-refractivity contribution in [1.82, 2.24) is 24.8 Å². The van der Waals surface area contributed by atoms with Crippen molar-refractivity contribution in [2.75, 3.05) is 45.8 Å². The number of hydrogen-bond donors (Lipinski definition) is 3. The Balaban J connectivity index is 1.87. The predicted molar refractivity (Wildman–Crippen MR) is 143 cm³/mol. The third kappa shape index (κ3) is 7.87. The van der Waals surface area contributed by atoms with Crippen molar-refractivity contribution in [3.05, 3.63) is 18.0 Å². The van der Waals surface area contributed by atoms with Crippen molar-refractivity contribution in [3.8, 4) is 0 Å². The summed E-state index contributed by atoms with van der Waals surface area (Å²) >= 11 is 0. The molecule has 1 aliphatic heterocycles. The topological polar surface area (TPSA) is 140 Å². The van der Waals surface area contributed by atoms with Crippen LogP contribution in [0.1, 0.15) is 23.7 Å². The Bertz CT molecular complexity index is 1070. The van der Waals surface area contributed by atoms with Crippen LogP contribution in [0.4, 0.5) is 10.6 Å². The first-order valence-corrected chi connectivity index (χ1v) is 16.2. The number of rotatable bonds is 12. The fraction of sp³-hybridized carbons (Fsp3) is 0.667. The smallest absolute Gasteiger partial charge is 0.407 e. The average molecular weight is 537 g/mol. The van der Waals surface area contributed by atoms with Gasteiger partial charge in [-0.2, -0.15) is 0 Å². The number of carbonyl (C=O) groups is 2. The predicted octanol–water partition coefficient (Wildman–Crippen LogP) is 2.69. The number of carboxylic acid groups (broad SMARTS) is 1. The van der Waals surface area contributed by atoms with Crippen molar-refractivity contribution in [2.45, 2.75) is 63.9 Å². The Kier molecular flexibility index (Phi) is 9.87. The van der Waals surface area contributed by atoms with E-state index in [0.29, 0.717) is 48.7 Å². The van der Waals surface area contributed by atoms with E-state index in [1.165, 1.54) is 4.90 Å². The Hall–Kier alpha value is -2.74. The molecule has 2 aromatic rings. The Morgan fingerprint density at radius 3 is 2.70 bits per heavy atom. The second-order valence-electron chi connectivity index (χ2n) is 10.7. The molecule has 3 heterocycles. The van der Waals surface area contributed by atoms with Gasteiger partial charge in [0.05, 0.1) is 30.5 Å². The summed E-state index contributed by atoms with van der Waals surface area (Å²) in [6.45, 7) is 10.7. The summed E-state index contributed by atoms with van der Waals surface area (Å²) in [7, 11) is 1.96. The minimum absolute atomic E-state index is 0.185. The van der Waals surface area contributed by atoms with Crippen LogP contribution in [0.15, 0.2) is 12.4 Å². The van der Waals surface area contributed by atoms with Gasteiger partial charge < -0.3 is 39.4 Å². The molecule has 2 amide bonds. The Morgan fingerprint density at radius 2 is 2.05 bits per heavy atom. The number of carbonyl (C=O) groups excluding carboxylic acids is 1. The zero-order valence-corrected chi connectivity index (χ0v) is 23.6. The molecule has 0 radical (unpaired) electrons. The first-order chi connectivity index (χ1) is 17.5. The molecule has 0 saturated carbocycles. The van der Waals surface area contributed by atoms with Gasteiger partial charge >= 0.3 is 6.09 Å². The number of aromatic nitrogens is 3. The summed E-state index contributed by atoms with van der Waals surface area (Å²) in [4.78, 5) is 35.3. The number of nitrogens with zero attached hydrogens (tertiary/aromatic N) is 4. The monoisotopic (exact) mass is 536 g/mol. The van der Waals surface area contributed by atoms with Crippen molar-refractivity contribution < 1.29 is 28.9 Å². The summed E-state index contributed by atoms with van der Waals surface area (Å²) in [6, 6.07) is 0.529. The van der Waals surface area contributed by atoms with Crippen LogP contribution in [0.2, 0.25) is 25.7 Å². The van der Waals surface area contributed by atoms with E-state index in [-0.39, 0.29) is 37.4 Å². The third-order valence-corrected chi connectivity index (χ3v) is 7.99. The lowest BCUT2D eigenvalue weighted by Crippen LogP contribution is -2.52. The van der Waals surface area contributed by atoms with Crippen LogP contribution in [0.25, 0.3) is 11.2 Å². The molecule has 1 fully saturated rings. The molecule has 206 valence electrons. The second-order valence-corrected chi connectivity index (χ2v) is 16.3. The van der Waals surface area contributed by atoms with E-state index in [1.54, 1.807) is 31.2 Å². The van der Waals surface area contributed by atoms with Crippen molar-refractivity contribution in [3.63, 3.8) is 0 Å². The quantitative estimate of drug-likeness (QED) is 0.276. The third-order valence-electron chi connectivity index (χ3n) is 6.29. The number of amides is 2. The van der Waals surface area contributed by atoms with Crippen LogP contribution < -0.4 is 10.6 Å². The number of hydrogen-bond acceptors (Lipinski definition) is 8. The van der Waals surface area contributed by atoms with Gasteiger partial charge in [-0.05, 0) is 19.4 Å². The van der Waals surface area contributed by atoms with Gasteiger partial charge in [0.2, 0.25) is 0 Å². The van der Waals surface area contributed by atoms with Gasteiger partial charge in [-0.1, -0.05) is 19.6 Å². The van der Waals surface area contributed by atoms with Gasteiger partial charge in [0, 0.05) is 54.2 Å². The van der Waals surface area contributed by atoms with E-state index in [1.807, 2.05) is 6.92 Å². The summed E-state index contributed by atoms with van der Waals surface area (Å²) in [5.74, 6) is 0.148. The summed E-state index contributed by atoms with van der Waals surface area (Å²) < 4.78 is 18.4. The number of ether oxygens (including phenoxy) is 3. The fourth-order valence-electron chi connectivity index (χ4n) is 4.24. The number of anilines is 1. The second kappa shape index (κ2) is 12.7. The summed E-state index contributed by atoms with van der Waals surface area (Å²) in [5.41, 5.74) is 1.34. The number of fused-ring (bicyclic) bond motifs is 1. The van der Waals surface area contributed by atoms with Gasteiger partial charge in [-0.15, -0.1) is 0 Å². The molecule has 0 spiro atoms. The minimum atomic E-state index is -1.24. The number of methoxy groups -OCH3 is 2. The molecule has 12 nitrogen and oxygen atoms in total. The van der Waals surface area contributed by atoms with E-state index in [9.17, 15) is 14.7 Å². The molecule has 3 atom stereocenters. The molecule has 0 aliphatic carbocycles. The molecule has 3 rings (SSSR count). The fourth-order valence-corrected chi connectivity index (χ4v) is 4.99. The van der Waals surface area contributed by atoms with Gasteiger partial charge in [-0.3, -0.25) is 4.79 Å². The van der Waals surface area contributed by atoms with E-state index in [2.05, 4.69) is 35.3 Å². The molecule has 1 saturated heterocycles. The number of likely N-dealkylation sites (tertiary alicyclic amines) is 1. The molecule has 1 aliphatic rings. The van der Waals surface area contributed by atoms with E-state index in [0.717, 1.165) is 6.04 Å². The zero-order valence-electron chi connectivity index (χ0n) is 22.6. The van der Waals surface area contributed by atoms with Crippen molar-refractivity contribution in [2.24, 2.45) is 0 Å². The first kappa shape index (κ1) is 28.8. The molecule has 3 N–H and O–H groups in total. The highest BCUT2D eigenvalue weighted by Gasteiger charge is 2.32. The zero-order chi connectivity index (χ0) is 27.2. The largest absolute Gasteiger partial charge is 0.465 e. The van der Waals surface area contributed by atoms with Crippen molar-refractivity contribution >= 4 is 37.1 Å². The average Bonchev–Trinajstić information content (AvgIpc) is 3.19. The van der Waals surface area contributed by atoms with Crippen LogP contribution in [-0.2, 0) is 20.9 Å². The van der Waals surface area contributed by atoms with E-state index in [4.69, 9.17) is 19.2 Å². The maximum atomic E-state index is 13.1. The van der Waals surface area contributed by atoms with Gasteiger partial charge in [0.25, 0.3) is 5.91 Å². The van der Waals surface area contributed by atoms with Crippen molar-refractivity contribution in [1.29, 1.82) is 0 Å². The molecule has 37 heavy (non-hydrogen) atoms. The maximum Gasteiger partial charge on any atom is 0.407 e. The number of nitrogens with one attached hydrogen (secondary N) is 2. The van der Waals surface area contributed by atoms with Crippen LogP contribution >= 0.6 is 0 Å². The summed E-state index contributed by atoms with van der Waals surface area (Å²) in [6.07, 6.45) is 2.70. The van der Waals surface area contributed by atoms with Gasteiger partial charge in [0.15, 0.2) is 5.65 Å². The molecular formula is C24H40N6O6Si. The van der Waals surface area contributed by atoms with E-state index < -0.39 is 14.2 Å². The Labute approximate surface area is 218 Å². The molecule has 0 unspecified atom stereocenters. The molecule has 2 aromatic heterocycles. The maximum absolute atomic E-state index is 13.1. The SMILES string of the molecule is COC[C@H](C)NC(=O)c1cn(COCC[Si](C)(C)C)c2ncc(N[C@H]3CN(C(=O)O)CC[C@H]3OC)nc12. The number of piperidine rings is 1. The first-order valence-electron chi connectivity index (χ1n) is 12.5. The lowest BCUT2D eigenvalue weighted by atomic mass is 10.0. The minimum Gasteiger partial charge on any atom is -0.465 e. The van der Waals surface area contributed by atoms with Crippen LogP contribution in [-0.4, -0.2) is 103 Å². The van der Waals surface area contributed by atoms with E-state index >= 15 is 0 Å². The standard InChI is InChI=1S/C24H40N6O6Si/c1-16(14-34-2)26-23(31)17-12-30(15-36-9-10-37(4,5)6)22-21(17)28-20(11-25-22)27-18-13-29(24(32)33)8-7-19(18)35-3/h11-12,16,18-19H,7-10,13-15H2,1-6H3,(H,26,31)(H,27,28)(H,32,33)/t16-,18-,19+/m0/s1. The van der Waals surface area contributed by atoms with Gasteiger partial charge in [-0.25, -0.2) is 14.8 Å². The lowest BCUT2D eigenvalue weighted by molar-refractivity contribution is 0.0323. The van der Waals surface area contributed by atoms with Crippen LogP contribution in [0.5, 0.6) is 0 Å². The highest BCUT2D eigenvalue weighted by atomic mass is 28.3. The highest BCUT2D eigenvalue weighted by Crippen LogP contribution is 2.23. The van der Waals surface area contributed by atoms with Crippen LogP contribution in [0.3, 0.4) is 0 Å². The molecule has 0 aromatic carbocycles. The molecule has 0 bridgehead atoms.